The van der Waals surface area contributed by atoms with Crippen molar-refractivity contribution < 1.29 is 5.21 Å². The zero-order valence-corrected chi connectivity index (χ0v) is 9.00. The molecular weight excluding hydrogens is 204 g/mol. The average molecular weight is 218 g/mol. The molecule has 16 heavy (non-hydrogen) atoms. The molecule has 84 valence electrons. The van der Waals surface area contributed by atoms with Gasteiger partial charge in [0.25, 0.3) is 0 Å². The molecule has 0 spiro atoms. The highest BCUT2D eigenvalue weighted by Gasteiger charge is 2.47. The van der Waals surface area contributed by atoms with Gasteiger partial charge in [-0.05, 0) is 25.2 Å². The molecule has 0 aromatic rings. The minimum Gasteiger partial charge on any atom is -0.411 e. The predicted molar refractivity (Wildman–Crippen MR) is 56.6 cm³/mol. The van der Waals surface area contributed by atoms with Crippen LogP contribution in [0.15, 0.2) is 5.16 Å². The fraction of sp³-hybridized carbons (Fsp3) is 0.727. The fourth-order valence-corrected chi connectivity index (χ4v) is 3.12. The first-order valence-corrected chi connectivity index (χ1v) is 5.51. The van der Waals surface area contributed by atoms with Crippen LogP contribution in [0, 0.1) is 34.5 Å². The first-order chi connectivity index (χ1) is 7.81. The van der Waals surface area contributed by atoms with Gasteiger partial charge in [0.15, 0.2) is 0 Å². The van der Waals surface area contributed by atoms with E-state index in [1.807, 2.05) is 4.90 Å². The van der Waals surface area contributed by atoms with Gasteiger partial charge in [-0.15, -0.1) is 0 Å². The maximum Gasteiger partial charge on any atom is 0.0879 e. The molecule has 0 radical (unpaired) electrons. The Balaban J connectivity index is 2.18. The van der Waals surface area contributed by atoms with E-state index >= 15 is 0 Å². The third-order valence-electron chi connectivity index (χ3n) is 3.70. The highest BCUT2D eigenvalue weighted by molar-refractivity contribution is 5.94. The lowest BCUT2D eigenvalue weighted by atomic mass is 9.92. The normalized spacial score (nSPS) is 34.2. The van der Waals surface area contributed by atoms with Crippen LogP contribution in [0.5, 0.6) is 0 Å². The SMILES string of the molecule is N#CCN(CC#N)C1/C(=N\O)C2CCC1C2. The van der Waals surface area contributed by atoms with E-state index in [0.717, 1.165) is 25.0 Å². The van der Waals surface area contributed by atoms with Crippen molar-refractivity contribution in [2.45, 2.75) is 25.3 Å². The monoisotopic (exact) mass is 218 g/mol. The van der Waals surface area contributed by atoms with Crippen LogP contribution in [-0.2, 0) is 0 Å². The molecule has 2 aliphatic rings. The third kappa shape index (κ3) is 1.64. The second-order valence-corrected chi connectivity index (χ2v) is 4.46. The van der Waals surface area contributed by atoms with Gasteiger partial charge in [0.1, 0.15) is 0 Å². The smallest absolute Gasteiger partial charge is 0.0879 e. The van der Waals surface area contributed by atoms with Crippen molar-refractivity contribution in [1.29, 1.82) is 10.5 Å². The summed E-state index contributed by atoms with van der Waals surface area (Å²) >= 11 is 0. The van der Waals surface area contributed by atoms with Gasteiger partial charge >= 0.3 is 0 Å². The Morgan fingerprint density at radius 2 is 2.00 bits per heavy atom. The number of nitrogens with zero attached hydrogens (tertiary/aromatic N) is 4. The van der Waals surface area contributed by atoms with E-state index in [9.17, 15) is 0 Å². The second kappa shape index (κ2) is 4.51. The Morgan fingerprint density at radius 1 is 1.31 bits per heavy atom. The summed E-state index contributed by atoms with van der Waals surface area (Å²) in [5, 5.41) is 29.9. The van der Waals surface area contributed by atoms with Gasteiger partial charge in [-0.2, -0.15) is 10.5 Å². The summed E-state index contributed by atoms with van der Waals surface area (Å²) in [6.07, 6.45) is 3.23. The average Bonchev–Trinajstić information content (AvgIpc) is 2.88. The molecule has 0 amide bonds. The van der Waals surface area contributed by atoms with Crippen LogP contribution >= 0.6 is 0 Å². The summed E-state index contributed by atoms with van der Waals surface area (Å²) in [5.74, 6) is 0.817. The zero-order valence-electron chi connectivity index (χ0n) is 9.00. The highest BCUT2D eigenvalue weighted by Crippen LogP contribution is 2.44. The van der Waals surface area contributed by atoms with Crippen molar-refractivity contribution in [1.82, 2.24) is 4.90 Å². The Morgan fingerprint density at radius 3 is 2.56 bits per heavy atom. The minimum absolute atomic E-state index is 0.00282. The molecule has 0 aromatic carbocycles. The molecule has 2 saturated carbocycles. The van der Waals surface area contributed by atoms with Gasteiger partial charge < -0.3 is 5.21 Å². The van der Waals surface area contributed by atoms with Crippen molar-refractivity contribution in [3.05, 3.63) is 0 Å². The largest absolute Gasteiger partial charge is 0.411 e. The van der Waals surface area contributed by atoms with Gasteiger partial charge in [-0.3, -0.25) is 4.90 Å². The number of nitriles is 2. The minimum atomic E-state index is 0.00282. The lowest BCUT2D eigenvalue weighted by Gasteiger charge is -2.31. The topological polar surface area (TPSA) is 83.4 Å². The van der Waals surface area contributed by atoms with Gasteiger partial charge in [0.2, 0.25) is 0 Å². The van der Waals surface area contributed by atoms with Crippen LogP contribution in [-0.4, -0.2) is 35.0 Å². The number of rotatable bonds is 3. The lowest BCUT2D eigenvalue weighted by Crippen LogP contribution is -2.45. The molecule has 2 fully saturated rings. The van der Waals surface area contributed by atoms with Crippen molar-refractivity contribution >= 4 is 5.71 Å². The molecule has 2 aliphatic carbocycles. The molecule has 0 aliphatic heterocycles. The van der Waals surface area contributed by atoms with Gasteiger partial charge in [0, 0.05) is 5.92 Å². The lowest BCUT2D eigenvalue weighted by molar-refractivity contribution is 0.232. The Hall–Kier alpha value is -1.59. The van der Waals surface area contributed by atoms with Crippen molar-refractivity contribution in [3.63, 3.8) is 0 Å². The van der Waals surface area contributed by atoms with E-state index < -0.39 is 0 Å². The van der Waals surface area contributed by atoms with E-state index in [0.29, 0.717) is 11.8 Å². The number of oxime groups is 1. The van der Waals surface area contributed by atoms with Gasteiger partial charge in [0.05, 0.1) is 37.0 Å². The van der Waals surface area contributed by atoms with E-state index in [-0.39, 0.29) is 19.1 Å². The number of hydrogen-bond acceptors (Lipinski definition) is 5. The van der Waals surface area contributed by atoms with Crippen LogP contribution in [0.3, 0.4) is 0 Å². The summed E-state index contributed by atoms with van der Waals surface area (Å²) in [7, 11) is 0. The molecule has 5 heteroatoms. The Kier molecular flexibility index (Phi) is 3.07. The van der Waals surface area contributed by atoms with Crippen LogP contribution in [0.4, 0.5) is 0 Å². The van der Waals surface area contributed by atoms with Gasteiger partial charge in [-0.25, -0.2) is 0 Å². The van der Waals surface area contributed by atoms with Crippen LogP contribution in [0.25, 0.3) is 0 Å². The third-order valence-corrected chi connectivity index (χ3v) is 3.70. The molecule has 3 unspecified atom stereocenters. The summed E-state index contributed by atoms with van der Waals surface area (Å²) in [4.78, 5) is 1.82. The molecule has 0 heterocycles. The number of fused-ring (bicyclic) bond motifs is 2. The first kappa shape index (κ1) is 10.9. The Bertz CT molecular complexity index is 362. The van der Waals surface area contributed by atoms with Crippen molar-refractivity contribution in [2.75, 3.05) is 13.1 Å². The highest BCUT2D eigenvalue weighted by atomic mass is 16.4. The maximum absolute atomic E-state index is 9.04. The van der Waals surface area contributed by atoms with Crippen LogP contribution in [0.2, 0.25) is 0 Å². The standard InChI is InChI=1S/C11H14N4O/c12-3-5-15(6-4-13)11-9-2-1-8(7-9)10(11)14-16/h8-9,11,16H,1-2,5-7H2/b14-10-. The molecule has 1 N–H and O–H groups in total. The second-order valence-electron chi connectivity index (χ2n) is 4.46. The zero-order chi connectivity index (χ0) is 11.5. The molecule has 0 saturated heterocycles. The molecule has 0 aromatic heterocycles. The van der Waals surface area contributed by atoms with E-state index in [2.05, 4.69) is 17.3 Å². The van der Waals surface area contributed by atoms with E-state index in [1.54, 1.807) is 0 Å². The summed E-state index contributed by atoms with van der Waals surface area (Å²) in [6.45, 7) is 0.445. The summed E-state index contributed by atoms with van der Waals surface area (Å²) < 4.78 is 0. The van der Waals surface area contributed by atoms with Crippen molar-refractivity contribution in [2.24, 2.45) is 17.0 Å². The van der Waals surface area contributed by atoms with Crippen molar-refractivity contribution in [3.8, 4) is 12.1 Å². The maximum atomic E-state index is 9.04. The summed E-state index contributed by atoms with van der Waals surface area (Å²) in [6, 6.07) is 4.15. The Labute approximate surface area is 94.6 Å². The first-order valence-electron chi connectivity index (χ1n) is 5.51. The molecule has 2 bridgehead atoms. The fourth-order valence-electron chi connectivity index (χ4n) is 3.12. The van der Waals surface area contributed by atoms with E-state index in [1.165, 1.54) is 0 Å². The molecule has 3 atom stereocenters. The summed E-state index contributed by atoms with van der Waals surface area (Å²) in [5.41, 5.74) is 0.779. The molecule has 5 nitrogen and oxygen atoms in total. The molecule has 2 rings (SSSR count). The molecular formula is C11H14N4O. The number of hydrogen-bond donors (Lipinski definition) is 1. The van der Waals surface area contributed by atoms with Crippen LogP contribution < -0.4 is 0 Å². The quantitative estimate of drug-likeness (QED) is 0.434. The van der Waals surface area contributed by atoms with Gasteiger partial charge in [-0.1, -0.05) is 5.16 Å². The van der Waals surface area contributed by atoms with E-state index in [4.69, 9.17) is 15.7 Å². The predicted octanol–water partition coefficient (Wildman–Crippen LogP) is 0.964. The van der Waals surface area contributed by atoms with Crippen LogP contribution in [0.1, 0.15) is 19.3 Å².